The molecule has 5 nitrogen and oxygen atoms in total. The minimum atomic E-state index is -4.46. The first kappa shape index (κ1) is 11.5. The summed E-state index contributed by atoms with van der Waals surface area (Å²) in [5.41, 5.74) is 0. The molecular weight excluding hydrogens is 181 g/mol. The van der Waals surface area contributed by atoms with Gasteiger partial charge in [-0.3, -0.25) is 9.79 Å². The third-order valence-electron chi connectivity index (χ3n) is 1.66. The summed E-state index contributed by atoms with van der Waals surface area (Å²) in [6.45, 7) is 3.52. The largest absolute Gasteiger partial charge is 0.614 e. The van der Waals surface area contributed by atoms with Crippen molar-refractivity contribution < 1.29 is 23.5 Å². The van der Waals surface area contributed by atoms with Crippen molar-refractivity contribution in [3.8, 4) is 0 Å². The van der Waals surface area contributed by atoms with Crippen LogP contribution in [0.2, 0.25) is 0 Å². The van der Waals surface area contributed by atoms with Gasteiger partial charge in [-0.1, -0.05) is 18.2 Å². The van der Waals surface area contributed by atoms with Crippen molar-refractivity contribution in [3.63, 3.8) is 0 Å². The minimum absolute atomic E-state index is 0.427. The van der Waals surface area contributed by atoms with E-state index in [1.54, 1.807) is 13.8 Å². The molecule has 0 aromatic heterocycles. The highest BCUT2D eigenvalue weighted by Crippen LogP contribution is 2.37. The molecule has 12 heavy (non-hydrogen) atoms. The molecule has 0 fully saturated rings. The van der Waals surface area contributed by atoms with E-state index in [4.69, 9.17) is 9.79 Å². The van der Waals surface area contributed by atoms with Crippen LogP contribution in [-0.2, 0) is 9.36 Å². The maximum Gasteiger partial charge on any atom is 0.614 e. The number of carbonyl (C=O) groups excluding carboxylic acids is 1. The number of rotatable bonds is 4. The molecule has 0 aliphatic heterocycles. The van der Waals surface area contributed by atoms with Crippen molar-refractivity contribution in [2.75, 3.05) is 0 Å². The first-order chi connectivity index (χ1) is 5.47. The van der Waals surface area contributed by atoms with Crippen molar-refractivity contribution in [1.29, 1.82) is 0 Å². The predicted octanol–water partition coefficient (Wildman–Crippen LogP) is 0.616. The van der Waals surface area contributed by atoms with Gasteiger partial charge >= 0.3 is 13.8 Å². The summed E-state index contributed by atoms with van der Waals surface area (Å²) in [4.78, 5) is 27.6. The molecule has 0 rings (SSSR count). The van der Waals surface area contributed by atoms with Gasteiger partial charge in [-0.25, -0.2) is 0 Å². The van der Waals surface area contributed by atoms with E-state index in [2.05, 4.69) is 0 Å². The van der Waals surface area contributed by atoms with Crippen LogP contribution in [0.3, 0.4) is 0 Å². The molecular formula is C6H13NO4P+. The summed E-state index contributed by atoms with van der Waals surface area (Å²) in [6.07, 6.45) is 2.29. The molecule has 0 saturated carbocycles. The molecule has 0 spiro atoms. The highest BCUT2D eigenvalue weighted by atomic mass is 31.2. The van der Waals surface area contributed by atoms with Gasteiger partial charge in [-0.15, -0.1) is 0 Å². The average molecular weight is 194 g/mol. The Morgan fingerprint density at radius 3 is 1.92 bits per heavy atom. The lowest BCUT2D eigenvalue weighted by Crippen LogP contribution is -2.21. The summed E-state index contributed by atoms with van der Waals surface area (Å²) in [5, 5.41) is 0. The van der Waals surface area contributed by atoms with Crippen LogP contribution in [0.25, 0.3) is 0 Å². The van der Waals surface area contributed by atoms with Gasteiger partial charge in [0, 0.05) is 12.8 Å². The van der Waals surface area contributed by atoms with Crippen molar-refractivity contribution in [3.05, 3.63) is 0 Å². The van der Waals surface area contributed by atoms with E-state index in [1.807, 2.05) is 0 Å². The summed E-state index contributed by atoms with van der Waals surface area (Å²) in [6, 6.07) is -0.427. The summed E-state index contributed by atoms with van der Waals surface area (Å²) >= 11 is 0. The Kier molecular flexibility index (Phi) is 4.35. The van der Waals surface area contributed by atoms with Gasteiger partial charge in [0.05, 0.1) is 0 Å². The van der Waals surface area contributed by atoms with Crippen LogP contribution >= 0.6 is 7.75 Å². The Morgan fingerprint density at radius 2 is 1.83 bits per heavy atom. The first-order valence-electron chi connectivity index (χ1n) is 3.70. The Hall–Kier alpha value is -0.470. The van der Waals surface area contributed by atoms with Gasteiger partial charge < -0.3 is 0 Å². The van der Waals surface area contributed by atoms with Gasteiger partial charge in [-0.05, 0) is 0 Å². The number of hydrogen-bond acceptors (Lipinski definition) is 2. The van der Waals surface area contributed by atoms with Crippen molar-refractivity contribution >= 4 is 13.8 Å². The van der Waals surface area contributed by atoms with Crippen molar-refractivity contribution in [1.82, 2.24) is 0 Å². The molecule has 0 radical (unpaired) electrons. The third-order valence-corrected chi connectivity index (χ3v) is 2.63. The van der Waals surface area contributed by atoms with E-state index >= 15 is 0 Å². The van der Waals surface area contributed by atoms with E-state index in [9.17, 15) is 9.36 Å². The fourth-order valence-corrected chi connectivity index (χ4v) is 1.83. The highest BCUT2D eigenvalue weighted by molar-refractivity contribution is 7.44. The van der Waals surface area contributed by atoms with Crippen LogP contribution in [0.15, 0.2) is 0 Å². The van der Waals surface area contributed by atoms with Crippen molar-refractivity contribution in [2.45, 2.75) is 32.7 Å². The Balaban J connectivity index is 4.81. The highest BCUT2D eigenvalue weighted by Gasteiger charge is 2.37. The molecule has 0 saturated heterocycles. The second-order valence-electron chi connectivity index (χ2n) is 2.42. The monoisotopic (exact) mass is 194 g/mol. The van der Waals surface area contributed by atoms with Crippen LogP contribution < -0.4 is 0 Å². The third kappa shape index (κ3) is 2.88. The normalized spacial score (nSPS) is 11.4. The Labute approximate surface area is 70.9 Å². The van der Waals surface area contributed by atoms with Gasteiger partial charge in [0.25, 0.3) is 0 Å². The molecule has 0 amide bonds. The van der Waals surface area contributed by atoms with E-state index < -0.39 is 13.8 Å². The van der Waals surface area contributed by atoms with Gasteiger partial charge in [0.15, 0.2) is 6.04 Å². The second-order valence-corrected chi connectivity index (χ2v) is 3.88. The zero-order valence-electron chi connectivity index (χ0n) is 7.10. The van der Waals surface area contributed by atoms with Crippen molar-refractivity contribution in [2.24, 2.45) is 0 Å². The molecule has 2 N–H and O–H groups in total. The quantitative estimate of drug-likeness (QED) is 0.390. The Bertz CT molecular complexity index is 236. The Morgan fingerprint density at radius 1 is 1.42 bits per heavy atom. The lowest BCUT2D eigenvalue weighted by molar-refractivity contribution is -0.441. The summed E-state index contributed by atoms with van der Waals surface area (Å²) in [7, 11) is -4.46. The molecule has 0 heterocycles. The smallest absolute Gasteiger partial charge is 0.270 e. The fourth-order valence-electron chi connectivity index (χ4n) is 0.975. The molecule has 0 bridgehead atoms. The molecule has 6 heteroatoms. The lowest BCUT2D eigenvalue weighted by Gasteiger charge is -2.07. The number of hydrogen-bond donors (Lipinski definition) is 2. The maximum atomic E-state index is 10.7. The molecule has 0 aromatic carbocycles. The van der Waals surface area contributed by atoms with Crippen LogP contribution in [-0.4, -0.2) is 26.3 Å². The van der Waals surface area contributed by atoms with Crippen LogP contribution in [0.5, 0.6) is 0 Å². The zero-order chi connectivity index (χ0) is 9.78. The fraction of sp³-hybridized carbons (Fsp3) is 0.833. The van der Waals surface area contributed by atoms with E-state index in [1.165, 1.54) is 6.08 Å². The molecule has 0 atom stereocenters. The standard InChI is InChI=1S/C6H12NO4P/c1-3-6(4-2)7(5-8)12(9,10)11/h6H,3-4H2,1-2H3,(H-,9,10,11)/p+1. The van der Waals surface area contributed by atoms with Crippen LogP contribution in [0.1, 0.15) is 26.7 Å². The summed E-state index contributed by atoms with van der Waals surface area (Å²) < 4.78 is 11.1. The number of isocyanates is 1. The first-order valence-corrected chi connectivity index (χ1v) is 5.26. The number of nitrogens with zero attached hydrogens (tertiary/aromatic N) is 1. The molecule has 0 aliphatic rings. The molecule has 0 unspecified atom stereocenters. The minimum Gasteiger partial charge on any atom is -0.270 e. The van der Waals surface area contributed by atoms with Gasteiger partial charge in [-0.2, -0.15) is 9.36 Å². The molecule has 70 valence electrons. The van der Waals surface area contributed by atoms with Crippen LogP contribution in [0, 0.1) is 0 Å². The average Bonchev–Trinajstić information content (AvgIpc) is 1.97. The molecule has 0 aromatic rings. The van der Waals surface area contributed by atoms with E-state index in [-0.39, 0.29) is 0 Å². The van der Waals surface area contributed by atoms with Gasteiger partial charge in [0.2, 0.25) is 0 Å². The maximum absolute atomic E-state index is 10.7. The lowest BCUT2D eigenvalue weighted by atomic mass is 10.2. The zero-order valence-corrected chi connectivity index (χ0v) is 7.99. The van der Waals surface area contributed by atoms with E-state index in [0.29, 0.717) is 17.2 Å². The predicted molar refractivity (Wildman–Crippen MR) is 42.4 cm³/mol. The van der Waals surface area contributed by atoms with E-state index in [0.717, 1.165) is 0 Å². The second kappa shape index (κ2) is 4.53. The molecule has 0 aliphatic carbocycles. The SMILES string of the molecule is CCC(CC)[N+](=C=O)P(=O)(O)O. The topological polar surface area (TPSA) is 77.6 Å². The van der Waals surface area contributed by atoms with Gasteiger partial charge in [0.1, 0.15) is 0 Å². The summed E-state index contributed by atoms with van der Waals surface area (Å²) in [5.74, 6) is 0. The van der Waals surface area contributed by atoms with Crippen LogP contribution in [0.4, 0.5) is 0 Å².